The Kier molecular flexibility index (Phi) is 4.22. The Morgan fingerprint density at radius 1 is 1.24 bits per heavy atom. The number of rotatable bonds is 6. The van der Waals surface area contributed by atoms with E-state index in [0.29, 0.717) is 5.92 Å². The van der Waals surface area contributed by atoms with Crippen LogP contribution in [0.15, 0.2) is 24.3 Å². The predicted octanol–water partition coefficient (Wildman–Crippen LogP) is 4.42. The molecule has 0 saturated heterocycles. The van der Waals surface area contributed by atoms with Gasteiger partial charge in [0.05, 0.1) is 6.10 Å². The van der Waals surface area contributed by atoms with Crippen LogP contribution in [0.25, 0.3) is 0 Å². The van der Waals surface area contributed by atoms with Crippen LogP contribution in [-0.2, 0) is 0 Å². The first kappa shape index (κ1) is 12.6. The highest BCUT2D eigenvalue weighted by molar-refractivity contribution is 5.29. The highest BCUT2D eigenvalue weighted by atomic mass is 16.3. The molecule has 1 saturated carbocycles. The van der Waals surface area contributed by atoms with Crippen molar-refractivity contribution >= 4 is 0 Å². The van der Waals surface area contributed by atoms with E-state index in [0.717, 1.165) is 17.9 Å². The third-order valence-electron chi connectivity index (χ3n) is 3.78. The number of hydrogen-bond acceptors (Lipinski definition) is 1. The van der Waals surface area contributed by atoms with Gasteiger partial charge in [0.1, 0.15) is 0 Å². The summed E-state index contributed by atoms with van der Waals surface area (Å²) in [7, 11) is 0. The molecule has 1 fully saturated rings. The van der Waals surface area contributed by atoms with Crippen molar-refractivity contribution in [1.29, 1.82) is 0 Å². The van der Waals surface area contributed by atoms with Crippen LogP contribution in [0.2, 0.25) is 0 Å². The molecule has 1 aliphatic carbocycles. The van der Waals surface area contributed by atoms with Gasteiger partial charge in [-0.3, -0.25) is 0 Å². The third-order valence-corrected chi connectivity index (χ3v) is 3.78. The molecule has 1 nitrogen and oxygen atoms in total. The van der Waals surface area contributed by atoms with Crippen molar-refractivity contribution in [2.45, 2.75) is 58.0 Å². The Hall–Kier alpha value is -0.820. The van der Waals surface area contributed by atoms with E-state index in [1.807, 2.05) is 0 Å². The Morgan fingerprint density at radius 2 is 1.88 bits per heavy atom. The van der Waals surface area contributed by atoms with Gasteiger partial charge in [-0.15, -0.1) is 0 Å². The van der Waals surface area contributed by atoms with Crippen LogP contribution in [0.4, 0.5) is 0 Å². The van der Waals surface area contributed by atoms with Crippen molar-refractivity contribution in [1.82, 2.24) is 0 Å². The van der Waals surface area contributed by atoms with Gasteiger partial charge < -0.3 is 5.11 Å². The second-order valence-electron chi connectivity index (χ2n) is 5.59. The zero-order chi connectivity index (χ0) is 12.3. The summed E-state index contributed by atoms with van der Waals surface area (Å²) in [5.41, 5.74) is 2.53. The van der Waals surface area contributed by atoms with Gasteiger partial charge in [-0.2, -0.15) is 0 Å². The summed E-state index contributed by atoms with van der Waals surface area (Å²) in [6.45, 7) is 4.43. The lowest BCUT2D eigenvalue weighted by atomic mass is 9.94. The topological polar surface area (TPSA) is 20.2 Å². The highest BCUT2D eigenvalue weighted by Crippen LogP contribution is 2.40. The molecule has 2 atom stereocenters. The van der Waals surface area contributed by atoms with E-state index in [1.165, 1.54) is 31.2 Å². The summed E-state index contributed by atoms with van der Waals surface area (Å²) < 4.78 is 0. The molecule has 94 valence electrons. The van der Waals surface area contributed by atoms with Gasteiger partial charge in [-0.1, -0.05) is 51.0 Å². The number of aliphatic hydroxyl groups excluding tert-OH is 1. The molecular weight excluding hydrogens is 208 g/mol. The number of benzene rings is 1. The van der Waals surface area contributed by atoms with Crippen LogP contribution in [-0.4, -0.2) is 5.11 Å². The average molecular weight is 232 g/mol. The van der Waals surface area contributed by atoms with Crippen LogP contribution >= 0.6 is 0 Å². The van der Waals surface area contributed by atoms with Crippen LogP contribution < -0.4 is 0 Å². The van der Waals surface area contributed by atoms with Crippen LogP contribution in [0, 0.1) is 5.92 Å². The highest BCUT2D eigenvalue weighted by Gasteiger charge is 2.23. The van der Waals surface area contributed by atoms with Gasteiger partial charge in [0.15, 0.2) is 0 Å². The molecule has 1 aromatic carbocycles. The van der Waals surface area contributed by atoms with Crippen molar-refractivity contribution < 1.29 is 5.11 Å². The minimum atomic E-state index is -0.287. The molecule has 1 aliphatic rings. The molecule has 0 heterocycles. The molecule has 17 heavy (non-hydrogen) atoms. The van der Waals surface area contributed by atoms with Crippen molar-refractivity contribution in [2.75, 3.05) is 0 Å². The molecule has 1 aromatic rings. The lowest BCUT2D eigenvalue weighted by Crippen LogP contribution is -2.04. The minimum Gasteiger partial charge on any atom is -0.388 e. The Morgan fingerprint density at radius 3 is 2.41 bits per heavy atom. The third kappa shape index (κ3) is 3.57. The maximum absolute atomic E-state index is 10.2. The molecule has 0 amide bonds. The smallest absolute Gasteiger partial charge is 0.0792 e. The van der Waals surface area contributed by atoms with E-state index in [-0.39, 0.29) is 6.10 Å². The van der Waals surface area contributed by atoms with Gasteiger partial charge in [0, 0.05) is 0 Å². The molecular formula is C16H24O. The fourth-order valence-corrected chi connectivity index (χ4v) is 2.53. The number of hydrogen-bond donors (Lipinski definition) is 1. The second-order valence-corrected chi connectivity index (χ2v) is 5.59. The Bertz CT molecular complexity index is 337. The molecule has 1 N–H and O–H groups in total. The Labute approximate surface area is 105 Å². The van der Waals surface area contributed by atoms with Crippen LogP contribution in [0.5, 0.6) is 0 Å². The molecule has 0 aromatic heterocycles. The van der Waals surface area contributed by atoms with Crippen LogP contribution in [0.1, 0.15) is 69.1 Å². The van der Waals surface area contributed by atoms with E-state index in [4.69, 9.17) is 0 Å². The first-order valence-corrected chi connectivity index (χ1v) is 6.98. The molecule has 0 radical (unpaired) electrons. The van der Waals surface area contributed by atoms with Crippen molar-refractivity contribution in [3.63, 3.8) is 0 Å². The lowest BCUT2D eigenvalue weighted by molar-refractivity contribution is 0.145. The van der Waals surface area contributed by atoms with Gasteiger partial charge in [0.25, 0.3) is 0 Å². The largest absolute Gasteiger partial charge is 0.388 e. The zero-order valence-corrected chi connectivity index (χ0v) is 11.0. The first-order chi connectivity index (χ1) is 8.20. The molecule has 0 bridgehead atoms. The van der Waals surface area contributed by atoms with E-state index >= 15 is 0 Å². The summed E-state index contributed by atoms with van der Waals surface area (Å²) in [5, 5.41) is 10.2. The molecule has 0 spiro atoms. The zero-order valence-electron chi connectivity index (χ0n) is 11.0. The van der Waals surface area contributed by atoms with Gasteiger partial charge in [0.2, 0.25) is 0 Å². The summed E-state index contributed by atoms with van der Waals surface area (Å²) >= 11 is 0. The summed E-state index contributed by atoms with van der Waals surface area (Å²) in [6, 6.07) is 8.61. The fraction of sp³-hybridized carbons (Fsp3) is 0.625. The standard InChI is InChI=1S/C16H24O/c1-3-4-12(2)11-16(17)15-9-7-14(8-10-15)13-5-6-13/h7-10,12-13,16-17H,3-6,11H2,1-2H3. The summed E-state index contributed by atoms with van der Waals surface area (Å²) in [5.74, 6) is 1.42. The van der Waals surface area contributed by atoms with E-state index in [1.54, 1.807) is 0 Å². The molecule has 2 unspecified atom stereocenters. The average Bonchev–Trinajstić information content (AvgIpc) is 3.13. The summed E-state index contributed by atoms with van der Waals surface area (Å²) in [6.07, 6.45) is 5.69. The maximum Gasteiger partial charge on any atom is 0.0792 e. The van der Waals surface area contributed by atoms with E-state index in [2.05, 4.69) is 38.1 Å². The monoisotopic (exact) mass is 232 g/mol. The van der Waals surface area contributed by atoms with E-state index < -0.39 is 0 Å². The molecule has 0 aliphatic heterocycles. The van der Waals surface area contributed by atoms with Crippen molar-refractivity contribution in [3.8, 4) is 0 Å². The fourth-order valence-electron chi connectivity index (χ4n) is 2.53. The molecule has 1 heteroatoms. The Balaban J connectivity index is 1.91. The minimum absolute atomic E-state index is 0.287. The molecule has 2 rings (SSSR count). The van der Waals surface area contributed by atoms with Gasteiger partial charge >= 0.3 is 0 Å². The first-order valence-electron chi connectivity index (χ1n) is 6.98. The normalized spacial score (nSPS) is 19.0. The lowest BCUT2D eigenvalue weighted by Gasteiger charge is -2.16. The van der Waals surface area contributed by atoms with Crippen LogP contribution in [0.3, 0.4) is 0 Å². The van der Waals surface area contributed by atoms with E-state index in [9.17, 15) is 5.11 Å². The maximum atomic E-state index is 10.2. The quantitative estimate of drug-likeness (QED) is 0.769. The SMILES string of the molecule is CCCC(C)CC(O)c1ccc(C2CC2)cc1. The number of aliphatic hydroxyl groups is 1. The van der Waals surface area contributed by atoms with Gasteiger partial charge in [-0.05, 0) is 42.2 Å². The second kappa shape index (κ2) is 5.68. The predicted molar refractivity (Wildman–Crippen MR) is 72.1 cm³/mol. The van der Waals surface area contributed by atoms with Crippen molar-refractivity contribution in [2.24, 2.45) is 5.92 Å². The van der Waals surface area contributed by atoms with Crippen molar-refractivity contribution in [3.05, 3.63) is 35.4 Å². The summed E-state index contributed by atoms with van der Waals surface area (Å²) in [4.78, 5) is 0. The van der Waals surface area contributed by atoms with Gasteiger partial charge in [-0.25, -0.2) is 0 Å².